The summed E-state index contributed by atoms with van der Waals surface area (Å²) in [6, 6.07) is 11.1. The first-order valence-corrected chi connectivity index (χ1v) is 8.52. The maximum Gasteiger partial charge on any atom is 0.407 e. The van der Waals surface area contributed by atoms with Crippen LogP contribution in [0, 0.1) is 5.92 Å². The van der Waals surface area contributed by atoms with Crippen LogP contribution >= 0.6 is 0 Å². The minimum Gasteiger partial charge on any atom is -0.444 e. The van der Waals surface area contributed by atoms with E-state index in [4.69, 9.17) is 4.74 Å². The Balaban J connectivity index is 1.96. The number of carbonyl (C=O) groups excluding carboxylic acids is 1. The Morgan fingerprint density at radius 2 is 1.91 bits per heavy atom. The lowest BCUT2D eigenvalue weighted by atomic mass is 9.88. The Morgan fingerprint density at radius 3 is 2.52 bits per heavy atom. The van der Waals surface area contributed by atoms with Crippen LogP contribution in [0.1, 0.15) is 46.6 Å². The van der Waals surface area contributed by atoms with E-state index in [1.54, 1.807) is 0 Å². The lowest BCUT2D eigenvalue weighted by Crippen LogP contribution is -2.54. The highest BCUT2D eigenvalue weighted by Gasteiger charge is 2.32. The monoisotopic (exact) mass is 318 g/mol. The Morgan fingerprint density at radius 1 is 1.26 bits per heavy atom. The third-order valence-electron chi connectivity index (χ3n) is 4.46. The van der Waals surface area contributed by atoms with Crippen LogP contribution in [0.3, 0.4) is 0 Å². The maximum atomic E-state index is 12.0. The number of benzene rings is 1. The number of alkyl carbamates (subject to hydrolysis) is 1. The molecule has 23 heavy (non-hydrogen) atoms. The number of nitrogens with one attached hydrogen (secondary N) is 1. The fourth-order valence-electron chi connectivity index (χ4n) is 3.13. The first kappa shape index (κ1) is 17.8. The summed E-state index contributed by atoms with van der Waals surface area (Å²) in [5, 5.41) is 3.04. The van der Waals surface area contributed by atoms with E-state index in [2.05, 4.69) is 48.3 Å². The summed E-state index contributed by atoms with van der Waals surface area (Å²) >= 11 is 0. The van der Waals surface area contributed by atoms with Crippen LogP contribution in [0.4, 0.5) is 4.79 Å². The number of carbonyl (C=O) groups is 1. The normalized spacial score (nSPS) is 25.9. The lowest BCUT2D eigenvalue weighted by molar-refractivity contribution is 0.0383. The van der Waals surface area contributed by atoms with Crippen LogP contribution in [0.5, 0.6) is 0 Å². The number of hydrogen-bond acceptors (Lipinski definition) is 3. The van der Waals surface area contributed by atoms with Gasteiger partial charge in [0.05, 0.1) is 0 Å². The quantitative estimate of drug-likeness (QED) is 0.921. The number of likely N-dealkylation sites (tertiary alicyclic amines) is 1. The van der Waals surface area contributed by atoms with Gasteiger partial charge in [-0.2, -0.15) is 0 Å². The van der Waals surface area contributed by atoms with Crippen molar-refractivity contribution in [3.63, 3.8) is 0 Å². The third-order valence-corrected chi connectivity index (χ3v) is 4.46. The molecule has 2 rings (SSSR count). The fourth-order valence-corrected chi connectivity index (χ4v) is 3.13. The van der Waals surface area contributed by atoms with Gasteiger partial charge in [-0.15, -0.1) is 0 Å². The maximum absolute atomic E-state index is 12.0. The number of amides is 1. The van der Waals surface area contributed by atoms with Crippen molar-refractivity contribution in [2.24, 2.45) is 5.92 Å². The van der Waals surface area contributed by atoms with Crippen molar-refractivity contribution in [2.45, 2.75) is 65.3 Å². The Labute approximate surface area is 140 Å². The molecule has 1 aromatic rings. The van der Waals surface area contributed by atoms with Gasteiger partial charge in [0, 0.05) is 25.2 Å². The highest BCUT2D eigenvalue weighted by Crippen LogP contribution is 2.25. The first-order valence-electron chi connectivity index (χ1n) is 8.52. The topological polar surface area (TPSA) is 41.6 Å². The first-order chi connectivity index (χ1) is 10.7. The predicted octanol–water partition coefficient (Wildman–Crippen LogP) is 3.81. The molecule has 0 aliphatic carbocycles. The predicted molar refractivity (Wildman–Crippen MR) is 93.3 cm³/mol. The average Bonchev–Trinajstić information content (AvgIpc) is 2.43. The molecule has 4 nitrogen and oxygen atoms in total. The van der Waals surface area contributed by atoms with Gasteiger partial charge in [0.1, 0.15) is 5.60 Å². The molecule has 1 amide bonds. The van der Waals surface area contributed by atoms with Gasteiger partial charge in [-0.25, -0.2) is 4.79 Å². The van der Waals surface area contributed by atoms with E-state index in [9.17, 15) is 4.79 Å². The Kier molecular flexibility index (Phi) is 5.69. The van der Waals surface area contributed by atoms with E-state index < -0.39 is 5.60 Å². The van der Waals surface area contributed by atoms with Gasteiger partial charge in [-0.05, 0) is 45.6 Å². The van der Waals surface area contributed by atoms with Gasteiger partial charge in [0.25, 0.3) is 0 Å². The van der Waals surface area contributed by atoms with Crippen LogP contribution in [-0.2, 0) is 11.3 Å². The summed E-state index contributed by atoms with van der Waals surface area (Å²) in [5.74, 6) is 0.535. The molecule has 128 valence electrons. The second-order valence-corrected chi connectivity index (χ2v) is 7.71. The third kappa shape index (κ3) is 5.54. The zero-order chi connectivity index (χ0) is 17.0. The van der Waals surface area contributed by atoms with Crippen molar-refractivity contribution in [1.82, 2.24) is 10.2 Å². The van der Waals surface area contributed by atoms with Gasteiger partial charge in [-0.3, -0.25) is 4.90 Å². The minimum atomic E-state index is -0.457. The second-order valence-electron chi connectivity index (χ2n) is 7.71. The number of rotatable bonds is 3. The summed E-state index contributed by atoms with van der Waals surface area (Å²) in [5.41, 5.74) is 0.853. The highest BCUT2D eigenvalue weighted by atomic mass is 16.6. The van der Waals surface area contributed by atoms with Gasteiger partial charge in [-0.1, -0.05) is 37.3 Å². The SMILES string of the molecule is C[C@@H]1C[C@H](NC(=O)OC(C)(C)C)CN(Cc2ccccc2)[C@@H]1C. The van der Waals surface area contributed by atoms with Crippen molar-refractivity contribution >= 4 is 6.09 Å². The number of nitrogens with zero attached hydrogens (tertiary/aromatic N) is 1. The molecule has 3 atom stereocenters. The van der Waals surface area contributed by atoms with Crippen molar-refractivity contribution in [1.29, 1.82) is 0 Å². The molecular weight excluding hydrogens is 288 g/mol. The number of ether oxygens (including phenoxy) is 1. The van der Waals surface area contributed by atoms with E-state index in [0.29, 0.717) is 12.0 Å². The average molecular weight is 318 g/mol. The van der Waals surface area contributed by atoms with Crippen molar-refractivity contribution < 1.29 is 9.53 Å². The van der Waals surface area contributed by atoms with Gasteiger partial charge in [0.2, 0.25) is 0 Å². The number of piperidine rings is 1. The summed E-state index contributed by atoms with van der Waals surface area (Å²) in [6.45, 7) is 12.0. The van der Waals surface area contributed by atoms with Crippen LogP contribution in [-0.4, -0.2) is 35.2 Å². The summed E-state index contributed by atoms with van der Waals surface area (Å²) in [7, 11) is 0. The van der Waals surface area contributed by atoms with Crippen molar-refractivity contribution in [2.75, 3.05) is 6.54 Å². The van der Waals surface area contributed by atoms with E-state index in [0.717, 1.165) is 19.5 Å². The molecule has 0 bridgehead atoms. The molecule has 1 aliphatic heterocycles. The zero-order valence-electron chi connectivity index (χ0n) is 15.0. The molecule has 0 radical (unpaired) electrons. The van der Waals surface area contributed by atoms with E-state index in [1.807, 2.05) is 26.8 Å². The van der Waals surface area contributed by atoms with Crippen LogP contribution in [0.15, 0.2) is 30.3 Å². The molecule has 0 unspecified atom stereocenters. The van der Waals surface area contributed by atoms with Crippen LogP contribution in [0.2, 0.25) is 0 Å². The van der Waals surface area contributed by atoms with Crippen LogP contribution in [0.25, 0.3) is 0 Å². The highest BCUT2D eigenvalue weighted by molar-refractivity contribution is 5.68. The van der Waals surface area contributed by atoms with Crippen molar-refractivity contribution in [3.05, 3.63) is 35.9 Å². The molecule has 0 aromatic heterocycles. The molecule has 1 aliphatic rings. The smallest absolute Gasteiger partial charge is 0.407 e. The zero-order valence-corrected chi connectivity index (χ0v) is 15.0. The summed E-state index contributed by atoms with van der Waals surface area (Å²) < 4.78 is 5.39. The lowest BCUT2D eigenvalue weighted by Gasteiger charge is -2.42. The van der Waals surface area contributed by atoms with Gasteiger partial charge in [0.15, 0.2) is 0 Å². The van der Waals surface area contributed by atoms with Crippen molar-refractivity contribution in [3.8, 4) is 0 Å². The second kappa shape index (κ2) is 7.35. The Hall–Kier alpha value is -1.55. The molecule has 0 saturated carbocycles. The molecule has 0 spiro atoms. The molecule has 1 saturated heterocycles. The summed E-state index contributed by atoms with van der Waals surface area (Å²) in [6.07, 6.45) is 0.676. The molecule has 1 N–H and O–H groups in total. The Bertz CT molecular complexity index is 510. The van der Waals surface area contributed by atoms with E-state index >= 15 is 0 Å². The van der Waals surface area contributed by atoms with Crippen LogP contribution < -0.4 is 5.32 Å². The molecule has 4 heteroatoms. The largest absolute Gasteiger partial charge is 0.444 e. The van der Waals surface area contributed by atoms with Gasteiger partial charge < -0.3 is 10.1 Å². The fraction of sp³-hybridized carbons (Fsp3) is 0.632. The van der Waals surface area contributed by atoms with E-state index in [1.165, 1.54) is 5.56 Å². The van der Waals surface area contributed by atoms with E-state index in [-0.39, 0.29) is 12.1 Å². The summed E-state index contributed by atoms with van der Waals surface area (Å²) in [4.78, 5) is 14.5. The molecular formula is C19H30N2O2. The molecule has 1 heterocycles. The molecule has 1 aromatic carbocycles. The molecule has 1 fully saturated rings. The van der Waals surface area contributed by atoms with Gasteiger partial charge >= 0.3 is 6.09 Å². The minimum absolute atomic E-state index is 0.139. The standard InChI is InChI=1S/C19H30N2O2/c1-14-11-17(20-18(22)23-19(3,4)5)13-21(15(14)2)12-16-9-7-6-8-10-16/h6-10,14-15,17H,11-13H2,1-5H3,(H,20,22)/t14-,15-,17+/m1/s1. The number of hydrogen-bond donors (Lipinski definition) is 1.